The van der Waals surface area contributed by atoms with Gasteiger partial charge in [-0.25, -0.2) is 0 Å². The first kappa shape index (κ1) is 11.9. The lowest BCUT2D eigenvalue weighted by Crippen LogP contribution is -2.41. The number of amides is 1. The van der Waals surface area contributed by atoms with E-state index in [4.69, 9.17) is 10.8 Å². The molecule has 0 aliphatic heterocycles. The van der Waals surface area contributed by atoms with E-state index in [0.29, 0.717) is 6.42 Å². The van der Waals surface area contributed by atoms with Gasteiger partial charge in [-0.2, -0.15) is 0 Å². The Hall–Kier alpha value is -1.06. The second-order valence-electron chi connectivity index (χ2n) is 3.46. The van der Waals surface area contributed by atoms with E-state index in [1.54, 1.807) is 0 Å². The largest absolute Gasteiger partial charge is 0.480 e. The van der Waals surface area contributed by atoms with Gasteiger partial charge in [0.1, 0.15) is 5.41 Å². The number of carboxylic acids is 1. The summed E-state index contributed by atoms with van der Waals surface area (Å²) in [5.74, 6) is -1.88. The molecule has 0 aromatic carbocycles. The lowest BCUT2D eigenvalue weighted by Gasteiger charge is -2.20. The highest BCUT2D eigenvalue weighted by molar-refractivity contribution is 6.00. The summed E-state index contributed by atoms with van der Waals surface area (Å²) in [6.07, 6.45) is 2.97. The average molecular weight is 187 g/mol. The van der Waals surface area contributed by atoms with Crippen LogP contribution < -0.4 is 5.73 Å². The molecule has 0 aromatic rings. The number of carbonyl (C=O) groups excluding carboxylic acids is 1. The minimum absolute atomic E-state index is 0.325. The fraction of sp³-hybridized carbons (Fsp3) is 0.778. The van der Waals surface area contributed by atoms with E-state index < -0.39 is 17.3 Å². The molecular formula is C9H17NO3. The highest BCUT2D eigenvalue weighted by atomic mass is 16.4. The third kappa shape index (κ3) is 3.05. The Morgan fingerprint density at radius 2 is 1.92 bits per heavy atom. The van der Waals surface area contributed by atoms with Crippen LogP contribution in [-0.4, -0.2) is 17.0 Å². The van der Waals surface area contributed by atoms with E-state index in [-0.39, 0.29) is 0 Å². The molecule has 0 rings (SSSR count). The van der Waals surface area contributed by atoms with Gasteiger partial charge in [-0.1, -0.05) is 26.2 Å². The van der Waals surface area contributed by atoms with Gasteiger partial charge in [-0.3, -0.25) is 9.59 Å². The van der Waals surface area contributed by atoms with Gasteiger partial charge in [0.2, 0.25) is 5.91 Å². The Bertz CT molecular complexity index is 187. The topological polar surface area (TPSA) is 80.4 Å². The highest BCUT2D eigenvalue weighted by Gasteiger charge is 2.38. The first-order chi connectivity index (χ1) is 5.95. The Kier molecular flexibility index (Phi) is 4.45. The molecular weight excluding hydrogens is 170 g/mol. The van der Waals surface area contributed by atoms with Crippen molar-refractivity contribution in [2.24, 2.45) is 11.1 Å². The Labute approximate surface area is 78.1 Å². The number of hydrogen-bond acceptors (Lipinski definition) is 2. The molecule has 0 aliphatic rings. The third-order valence-electron chi connectivity index (χ3n) is 2.30. The van der Waals surface area contributed by atoms with Gasteiger partial charge in [-0.15, -0.1) is 0 Å². The second-order valence-corrected chi connectivity index (χ2v) is 3.46. The van der Waals surface area contributed by atoms with E-state index in [9.17, 15) is 9.59 Å². The van der Waals surface area contributed by atoms with Gasteiger partial charge in [0.25, 0.3) is 0 Å². The maximum absolute atomic E-state index is 10.9. The lowest BCUT2D eigenvalue weighted by molar-refractivity contribution is -0.154. The minimum atomic E-state index is -1.39. The number of primary amides is 1. The fourth-order valence-electron chi connectivity index (χ4n) is 1.06. The summed E-state index contributed by atoms with van der Waals surface area (Å²) >= 11 is 0. The van der Waals surface area contributed by atoms with Gasteiger partial charge in [0.15, 0.2) is 0 Å². The van der Waals surface area contributed by atoms with Crippen LogP contribution >= 0.6 is 0 Å². The second kappa shape index (κ2) is 4.84. The van der Waals surface area contributed by atoms with Crippen molar-refractivity contribution < 1.29 is 14.7 Å². The summed E-state index contributed by atoms with van der Waals surface area (Å²) in [5.41, 5.74) is 3.64. The molecule has 3 N–H and O–H groups in total. The molecule has 1 atom stereocenters. The molecule has 0 aromatic heterocycles. The molecule has 4 nitrogen and oxygen atoms in total. The lowest BCUT2D eigenvalue weighted by atomic mass is 9.84. The van der Waals surface area contributed by atoms with Crippen LogP contribution in [-0.2, 0) is 9.59 Å². The number of hydrogen-bond donors (Lipinski definition) is 2. The van der Waals surface area contributed by atoms with Crippen LogP contribution in [0, 0.1) is 5.41 Å². The van der Waals surface area contributed by atoms with Crippen molar-refractivity contribution >= 4 is 11.9 Å². The molecule has 0 saturated carbocycles. The number of carboxylic acid groups (broad SMARTS) is 1. The highest BCUT2D eigenvalue weighted by Crippen LogP contribution is 2.24. The van der Waals surface area contributed by atoms with Gasteiger partial charge in [-0.05, 0) is 13.3 Å². The van der Waals surface area contributed by atoms with Crippen molar-refractivity contribution in [3.63, 3.8) is 0 Å². The standard InChI is InChI=1S/C9H17NO3/c1-3-4-5-6-9(2,7(10)11)8(12)13/h3-6H2,1-2H3,(H2,10,11)(H,12,13). The molecule has 76 valence electrons. The number of nitrogens with two attached hydrogens (primary N) is 1. The molecule has 0 aliphatic carbocycles. The van der Waals surface area contributed by atoms with Gasteiger partial charge in [0.05, 0.1) is 0 Å². The summed E-state index contributed by atoms with van der Waals surface area (Å²) < 4.78 is 0. The zero-order chi connectivity index (χ0) is 10.5. The van der Waals surface area contributed by atoms with Gasteiger partial charge in [0, 0.05) is 0 Å². The van der Waals surface area contributed by atoms with E-state index >= 15 is 0 Å². The van der Waals surface area contributed by atoms with Crippen molar-refractivity contribution in [1.82, 2.24) is 0 Å². The van der Waals surface area contributed by atoms with Crippen LogP contribution in [0.5, 0.6) is 0 Å². The number of unbranched alkanes of at least 4 members (excludes halogenated alkanes) is 2. The van der Waals surface area contributed by atoms with Gasteiger partial charge >= 0.3 is 5.97 Å². The van der Waals surface area contributed by atoms with Crippen LogP contribution in [0.15, 0.2) is 0 Å². The van der Waals surface area contributed by atoms with E-state index in [0.717, 1.165) is 19.3 Å². The minimum Gasteiger partial charge on any atom is -0.480 e. The summed E-state index contributed by atoms with van der Waals surface area (Å²) in [6.45, 7) is 3.40. The van der Waals surface area contributed by atoms with Crippen molar-refractivity contribution in [3.05, 3.63) is 0 Å². The Morgan fingerprint density at radius 3 is 2.23 bits per heavy atom. The molecule has 0 bridgehead atoms. The first-order valence-corrected chi connectivity index (χ1v) is 4.48. The van der Waals surface area contributed by atoms with Crippen molar-refractivity contribution in [2.45, 2.75) is 39.5 Å². The van der Waals surface area contributed by atoms with Crippen molar-refractivity contribution in [1.29, 1.82) is 0 Å². The van der Waals surface area contributed by atoms with E-state index in [2.05, 4.69) is 0 Å². The van der Waals surface area contributed by atoms with Crippen LogP contribution in [0.1, 0.15) is 39.5 Å². The summed E-state index contributed by atoms with van der Waals surface area (Å²) in [7, 11) is 0. The Balaban J connectivity index is 4.26. The fourth-order valence-corrected chi connectivity index (χ4v) is 1.06. The maximum Gasteiger partial charge on any atom is 0.318 e. The monoisotopic (exact) mass is 187 g/mol. The number of carbonyl (C=O) groups is 2. The quantitative estimate of drug-likeness (QED) is 0.483. The molecule has 1 unspecified atom stereocenters. The molecule has 4 heteroatoms. The van der Waals surface area contributed by atoms with Gasteiger partial charge < -0.3 is 10.8 Å². The maximum atomic E-state index is 10.9. The van der Waals surface area contributed by atoms with E-state index in [1.807, 2.05) is 6.92 Å². The summed E-state index contributed by atoms with van der Waals surface area (Å²) in [5, 5.41) is 8.80. The van der Waals surface area contributed by atoms with E-state index in [1.165, 1.54) is 6.92 Å². The van der Waals surface area contributed by atoms with Crippen LogP contribution in [0.2, 0.25) is 0 Å². The van der Waals surface area contributed by atoms with Crippen molar-refractivity contribution in [2.75, 3.05) is 0 Å². The Morgan fingerprint density at radius 1 is 1.38 bits per heavy atom. The predicted molar refractivity (Wildman–Crippen MR) is 49.1 cm³/mol. The molecule has 0 spiro atoms. The molecule has 0 heterocycles. The smallest absolute Gasteiger partial charge is 0.318 e. The van der Waals surface area contributed by atoms with Crippen molar-refractivity contribution in [3.8, 4) is 0 Å². The zero-order valence-electron chi connectivity index (χ0n) is 8.17. The van der Waals surface area contributed by atoms with Crippen LogP contribution in [0.3, 0.4) is 0 Å². The number of aliphatic carboxylic acids is 1. The van der Waals surface area contributed by atoms with Crippen LogP contribution in [0.25, 0.3) is 0 Å². The predicted octanol–water partition coefficient (Wildman–Crippen LogP) is 1.14. The summed E-state index contributed by atoms with van der Waals surface area (Å²) in [6, 6.07) is 0. The number of rotatable bonds is 6. The summed E-state index contributed by atoms with van der Waals surface area (Å²) in [4.78, 5) is 21.7. The molecule has 0 radical (unpaired) electrons. The third-order valence-corrected chi connectivity index (χ3v) is 2.30. The zero-order valence-corrected chi connectivity index (χ0v) is 8.17. The molecule has 0 saturated heterocycles. The average Bonchev–Trinajstić information content (AvgIpc) is 2.03. The molecule has 0 fully saturated rings. The normalized spacial score (nSPS) is 14.9. The first-order valence-electron chi connectivity index (χ1n) is 4.48. The SMILES string of the molecule is CCCCCC(C)(C(N)=O)C(=O)O. The van der Waals surface area contributed by atoms with Crippen LogP contribution in [0.4, 0.5) is 0 Å². The molecule has 1 amide bonds. The molecule has 13 heavy (non-hydrogen) atoms.